The molecule has 8 nitrogen and oxygen atoms in total. The van der Waals surface area contributed by atoms with Gasteiger partial charge in [-0.2, -0.15) is 4.98 Å². The maximum absolute atomic E-state index is 6.20. The van der Waals surface area contributed by atoms with Crippen LogP contribution in [0.2, 0.25) is 0 Å². The van der Waals surface area contributed by atoms with Gasteiger partial charge in [0, 0.05) is 20.1 Å². The first-order valence-corrected chi connectivity index (χ1v) is 8.80. The third-order valence-corrected chi connectivity index (χ3v) is 4.81. The summed E-state index contributed by atoms with van der Waals surface area (Å²) in [5.41, 5.74) is 1.24. The smallest absolute Gasteiger partial charge is 0.250 e. The van der Waals surface area contributed by atoms with Crippen LogP contribution in [0.15, 0.2) is 43.0 Å². The molecule has 3 heterocycles. The van der Waals surface area contributed by atoms with Crippen molar-refractivity contribution < 1.29 is 18.9 Å². The summed E-state index contributed by atoms with van der Waals surface area (Å²) in [6, 6.07) is 9.47. The predicted molar refractivity (Wildman–Crippen MR) is 97.6 cm³/mol. The van der Waals surface area contributed by atoms with Crippen molar-refractivity contribution in [1.82, 2.24) is 19.5 Å². The number of aromatic nitrogens is 4. The van der Waals surface area contributed by atoms with E-state index < -0.39 is 0 Å². The largest absolute Gasteiger partial charge is 0.437 e. The Kier molecular flexibility index (Phi) is 5.02. The number of benzene rings is 1. The van der Waals surface area contributed by atoms with Gasteiger partial charge in [-0.05, 0) is 12.1 Å². The Hall–Kier alpha value is -2.55. The minimum atomic E-state index is -0.264. The van der Waals surface area contributed by atoms with Gasteiger partial charge >= 0.3 is 0 Å². The Morgan fingerprint density at radius 3 is 2.67 bits per heavy atom. The van der Waals surface area contributed by atoms with Crippen molar-refractivity contribution in [2.24, 2.45) is 5.92 Å². The molecule has 1 aromatic carbocycles. The zero-order chi connectivity index (χ0) is 18.8. The maximum atomic E-state index is 6.20. The fraction of sp³-hybridized carbons (Fsp3) is 0.421. The summed E-state index contributed by atoms with van der Waals surface area (Å²) < 4.78 is 24.9. The van der Waals surface area contributed by atoms with Gasteiger partial charge in [0.1, 0.15) is 24.4 Å². The standard InChI is InChI=1S/C19H22N4O4/c1-12-16(25-3)14(9-24-2)27-19(12)23-11-22-15-17(23)20-10-21-18(15)26-13-7-5-4-6-8-13/h4-8,10-12,14,16,19H,9H2,1-3H3/t12?,14-,16?,19-/m1/s1. The fourth-order valence-electron chi connectivity index (χ4n) is 3.56. The molecule has 0 saturated carbocycles. The van der Waals surface area contributed by atoms with Crippen LogP contribution < -0.4 is 4.74 Å². The molecule has 4 rings (SSSR count). The molecular formula is C19H22N4O4. The van der Waals surface area contributed by atoms with Crippen LogP contribution in [0.4, 0.5) is 0 Å². The van der Waals surface area contributed by atoms with E-state index in [9.17, 15) is 0 Å². The number of hydrogen-bond acceptors (Lipinski definition) is 7. The molecule has 1 fully saturated rings. The molecule has 8 heteroatoms. The molecule has 0 N–H and O–H groups in total. The van der Waals surface area contributed by atoms with E-state index in [4.69, 9.17) is 18.9 Å². The molecule has 3 aromatic rings. The molecule has 1 saturated heterocycles. The summed E-state index contributed by atoms with van der Waals surface area (Å²) in [6.45, 7) is 2.55. The Bertz CT molecular complexity index is 901. The summed E-state index contributed by atoms with van der Waals surface area (Å²) in [5, 5.41) is 0. The van der Waals surface area contributed by atoms with E-state index in [-0.39, 0.29) is 24.4 Å². The molecule has 1 aliphatic heterocycles. The van der Waals surface area contributed by atoms with Crippen molar-refractivity contribution in [2.45, 2.75) is 25.4 Å². The third-order valence-electron chi connectivity index (χ3n) is 4.81. The lowest BCUT2D eigenvalue weighted by atomic mass is 10.0. The SMILES string of the molecule is COC[C@H]1O[C@@H](n2cnc3c(Oc4ccccc4)ncnc32)C(C)C1OC. The van der Waals surface area contributed by atoms with Gasteiger partial charge in [0.2, 0.25) is 0 Å². The van der Waals surface area contributed by atoms with Crippen LogP contribution in [0.3, 0.4) is 0 Å². The van der Waals surface area contributed by atoms with Crippen molar-refractivity contribution in [3.63, 3.8) is 0 Å². The minimum absolute atomic E-state index is 0.0747. The van der Waals surface area contributed by atoms with Crippen LogP contribution in [0.5, 0.6) is 11.6 Å². The molecule has 0 bridgehead atoms. The third kappa shape index (κ3) is 3.27. The molecule has 0 radical (unpaired) electrons. The number of fused-ring (bicyclic) bond motifs is 1. The molecule has 27 heavy (non-hydrogen) atoms. The Morgan fingerprint density at radius 2 is 1.93 bits per heavy atom. The maximum Gasteiger partial charge on any atom is 0.250 e. The van der Waals surface area contributed by atoms with Crippen LogP contribution in [-0.2, 0) is 14.2 Å². The van der Waals surface area contributed by atoms with Crippen LogP contribution in [-0.4, -0.2) is 52.6 Å². The van der Waals surface area contributed by atoms with Gasteiger partial charge in [0.15, 0.2) is 11.2 Å². The number of rotatable bonds is 6. The van der Waals surface area contributed by atoms with E-state index in [0.717, 1.165) is 0 Å². The van der Waals surface area contributed by atoms with Crippen molar-refractivity contribution >= 4 is 11.2 Å². The second kappa shape index (κ2) is 7.59. The lowest BCUT2D eigenvalue weighted by Crippen LogP contribution is -2.31. The zero-order valence-electron chi connectivity index (χ0n) is 15.5. The average molecular weight is 370 g/mol. The number of imidazole rings is 1. The topological polar surface area (TPSA) is 80.5 Å². The summed E-state index contributed by atoms with van der Waals surface area (Å²) >= 11 is 0. The van der Waals surface area contributed by atoms with Crippen molar-refractivity contribution in [2.75, 3.05) is 20.8 Å². The summed E-state index contributed by atoms with van der Waals surface area (Å²) in [6.07, 6.45) is 2.69. The van der Waals surface area contributed by atoms with Gasteiger partial charge in [-0.15, -0.1) is 0 Å². The second-order valence-electron chi connectivity index (χ2n) is 6.50. The summed E-state index contributed by atoms with van der Waals surface area (Å²) in [5.74, 6) is 1.20. The molecule has 2 unspecified atom stereocenters. The average Bonchev–Trinajstić information content (AvgIpc) is 3.24. The molecule has 2 aromatic heterocycles. The number of para-hydroxylation sites is 1. The fourth-order valence-corrected chi connectivity index (χ4v) is 3.56. The lowest BCUT2D eigenvalue weighted by Gasteiger charge is -2.19. The van der Waals surface area contributed by atoms with E-state index in [2.05, 4.69) is 21.9 Å². The Balaban J connectivity index is 1.67. The molecule has 0 spiro atoms. The first kappa shape index (κ1) is 17.8. The van der Waals surface area contributed by atoms with Gasteiger partial charge in [-0.1, -0.05) is 25.1 Å². The van der Waals surface area contributed by atoms with Gasteiger partial charge in [-0.3, -0.25) is 4.57 Å². The van der Waals surface area contributed by atoms with Gasteiger partial charge in [0.25, 0.3) is 5.88 Å². The first-order valence-electron chi connectivity index (χ1n) is 8.80. The zero-order valence-corrected chi connectivity index (χ0v) is 15.5. The molecule has 4 atom stereocenters. The van der Waals surface area contributed by atoms with Crippen LogP contribution in [0.1, 0.15) is 13.2 Å². The van der Waals surface area contributed by atoms with Gasteiger partial charge in [-0.25, -0.2) is 9.97 Å². The van der Waals surface area contributed by atoms with Gasteiger partial charge in [0.05, 0.1) is 19.0 Å². The lowest BCUT2D eigenvalue weighted by molar-refractivity contribution is -0.0600. The number of ether oxygens (including phenoxy) is 4. The molecule has 0 amide bonds. The van der Waals surface area contributed by atoms with E-state index >= 15 is 0 Å². The highest BCUT2D eigenvalue weighted by atomic mass is 16.6. The number of nitrogens with zero attached hydrogens (tertiary/aromatic N) is 4. The summed E-state index contributed by atoms with van der Waals surface area (Å²) in [4.78, 5) is 13.1. The normalized spacial score (nSPS) is 25.1. The van der Waals surface area contributed by atoms with E-state index in [0.29, 0.717) is 29.4 Å². The highest BCUT2D eigenvalue weighted by molar-refractivity contribution is 5.76. The predicted octanol–water partition coefficient (Wildman–Crippen LogP) is 2.81. The van der Waals surface area contributed by atoms with Gasteiger partial charge < -0.3 is 18.9 Å². The first-order chi connectivity index (χ1) is 13.2. The highest BCUT2D eigenvalue weighted by Crippen LogP contribution is 2.38. The van der Waals surface area contributed by atoms with Crippen molar-refractivity contribution in [3.8, 4) is 11.6 Å². The van der Waals surface area contributed by atoms with E-state index in [1.165, 1.54) is 6.33 Å². The number of hydrogen-bond donors (Lipinski definition) is 0. The quantitative estimate of drug-likeness (QED) is 0.660. The van der Waals surface area contributed by atoms with Crippen LogP contribution in [0, 0.1) is 5.92 Å². The van der Waals surface area contributed by atoms with E-state index in [1.54, 1.807) is 20.5 Å². The molecule has 1 aliphatic rings. The highest BCUT2D eigenvalue weighted by Gasteiger charge is 2.43. The van der Waals surface area contributed by atoms with Crippen molar-refractivity contribution in [3.05, 3.63) is 43.0 Å². The second-order valence-corrected chi connectivity index (χ2v) is 6.50. The Labute approximate surface area is 157 Å². The van der Waals surface area contributed by atoms with Crippen LogP contribution >= 0.6 is 0 Å². The van der Waals surface area contributed by atoms with E-state index in [1.807, 2.05) is 34.9 Å². The molecule has 0 aliphatic carbocycles. The molecular weight excluding hydrogens is 348 g/mol. The van der Waals surface area contributed by atoms with Crippen LogP contribution in [0.25, 0.3) is 11.2 Å². The Morgan fingerprint density at radius 1 is 1.11 bits per heavy atom. The molecule has 142 valence electrons. The minimum Gasteiger partial charge on any atom is -0.437 e. The summed E-state index contributed by atoms with van der Waals surface area (Å²) in [7, 11) is 3.34. The number of methoxy groups -OCH3 is 2. The van der Waals surface area contributed by atoms with Crippen molar-refractivity contribution in [1.29, 1.82) is 0 Å². The monoisotopic (exact) mass is 370 g/mol.